The largest absolute Gasteiger partial charge is 0.460 e. The number of esters is 2. The Kier molecular flexibility index (Phi) is 3.13. The van der Waals surface area contributed by atoms with Crippen LogP contribution in [-0.4, -0.2) is 11.9 Å². The van der Waals surface area contributed by atoms with Crippen molar-refractivity contribution in [2.45, 2.75) is 71.1 Å². The number of rotatable bonds is 4. The quantitative estimate of drug-likeness (QED) is 0.453. The number of carbonyl (C=O) groups is 2. The minimum Gasteiger partial charge on any atom is -0.460 e. The van der Waals surface area contributed by atoms with Crippen molar-refractivity contribution in [2.75, 3.05) is 0 Å². The zero-order valence-electron chi connectivity index (χ0n) is 20.3. The average Bonchev–Trinajstić information content (AvgIpc) is 3.57. The second-order valence-electron chi connectivity index (χ2n) is 13.0. The van der Waals surface area contributed by atoms with Crippen LogP contribution in [0.4, 0.5) is 0 Å². The van der Waals surface area contributed by atoms with Crippen LogP contribution in [0.15, 0.2) is 8.83 Å². The molecule has 4 aliphatic carbocycles. The van der Waals surface area contributed by atoms with Crippen molar-refractivity contribution in [1.29, 1.82) is 0 Å². The Hall–Kier alpha value is -2.76. The summed E-state index contributed by atoms with van der Waals surface area (Å²) in [4.78, 5) is 26.1. The fraction of sp³-hybridized carbons (Fsp3) is 0.586. The first kappa shape index (κ1) is 19.4. The number of fused-ring (bicyclic) bond motifs is 2. The Morgan fingerprint density at radius 2 is 1.74 bits per heavy atom. The maximum absolute atomic E-state index is 13.6. The Labute approximate surface area is 202 Å². The SMILES string of the molecule is Cc1c2c3oc1c(Cc1c4oc5c1OC(=O)[C@]5([C@H](C)C1C5CC6CC1CC(C)(C6)C5)C4)c3C(=O)O2. The molecular formula is C29H28O6. The summed E-state index contributed by atoms with van der Waals surface area (Å²) in [5, 5.41) is 0. The molecule has 6 heterocycles. The summed E-state index contributed by atoms with van der Waals surface area (Å²) >= 11 is 0. The van der Waals surface area contributed by atoms with Crippen LogP contribution >= 0.6 is 0 Å². The van der Waals surface area contributed by atoms with E-state index in [4.69, 9.17) is 18.3 Å². The van der Waals surface area contributed by atoms with E-state index >= 15 is 0 Å². The molecule has 0 radical (unpaired) electrons. The minimum atomic E-state index is -0.671. The first-order chi connectivity index (χ1) is 16.8. The number of benzene rings is 1. The lowest BCUT2D eigenvalue weighted by Gasteiger charge is -2.61. The molecule has 10 rings (SSSR count). The highest BCUT2D eigenvalue weighted by atomic mass is 16.6. The molecule has 2 unspecified atom stereocenters. The predicted octanol–water partition coefficient (Wildman–Crippen LogP) is 5.71. The van der Waals surface area contributed by atoms with Crippen LogP contribution in [0.25, 0.3) is 11.2 Å². The lowest BCUT2D eigenvalue weighted by atomic mass is 9.43. The maximum atomic E-state index is 13.6. The van der Waals surface area contributed by atoms with Gasteiger partial charge in [-0.05, 0) is 74.0 Å². The molecule has 0 N–H and O–H groups in total. The molecule has 4 fully saturated rings. The van der Waals surface area contributed by atoms with E-state index in [1.165, 1.54) is 32.1 Å². The van der Waals surface area contributed by atoms with E-state index in [0.29, 0.717) is 64.2 Å². The summed E-state index contributed by atoms with van der Waals surface area (Å²) in [6, 6.07) is 0. The van der Waals surface area contributed by atoms with Crippen LogP contribution in [0.5, 0.6) is 11.5 Å². The van der Waals surface area contributed by atoms with Crippen LogP contribution in [0.2, 0.25) is 0 Å². The van der Waals surface area contributed by atoms with E-state index in [1.807, 2.05) is 6.92 Å². The lowest BCUT2D eigenvalue weighted by molar-refractivity contribution is -0.148. The topological polar surface area (TPSA) is 78.9 Å². The van der Waals surface area contributed by atoms with Gasteiger partial charge in [0.15, 0.2) is 22.8 Å². The number of hydrogen-bond acceptors (Lipinski definition) is 6. The summed E-state index contributed by atoms with van der Waals surface area (Å²) < 4.78 is 23.7. The summed E-state index contributed by atoms with van der Waals surface area (Å²) in [7, 11) is 0. The van der Waals surface area contributed by atoms with Crippen molar-refractivity contribution in [3.63, 3.8) is 0 Å². The molecular weight excluding hydrogens is 444 g/mol. The van der Waals surface area contributed by atoms with Gasteiger partial charge in [0.2, 0.25) is 0 Å². The van der Waals surface area contributed by atoms with Crippen LogP contribution in [0.3, 0.4) is 0 Å². The summed E-state index contributed by atoms with van der Waals surface area (Å²) in [5.41, 5.74) is 4.20. The summed E-state index contributed by atoms with van der Waals surface area (Å²) in [6.07, 6.45) is 7.69. The van der Waals surface area contributed by atoms with Gasteiger partial charge in [-0.1, -0.05) is 13.8 Å². The van der Waals surface area contributed by atoms with Crippen molar-refractivity contribution >= 4 is 23.1 Å². The normalized spacial score (nSPS) is 38.3. The number of carbonyl (C=O) groups excluding carboxylic acids is 2. The van der Waals surface area contributed by atoms with E-state index in [-0.39, 0.29) is 17.9 Å². The third-order valence-electron chi connectivity index (χ3n) is 11.1. The van der Waals surface area contributed by atoms with Gasteiger partial charge < -0.3 is 18.3 Å². The van der Waals surface area contributed by atoms with Gasteiger partial charge in [-0.3, -0.25) is 4.79 Å². The molecule has 6 nitrogen and oxygen atoms in total. The minimum absolute atomic E-state index is 0.137. The molecule has 4 saturated carbocycles. The lowest BCUT2D eigenvalue weighted by Crippen LogP contribution is -2.55. The molecule has 3 aromatic rings. The molecule has 0 spiro atoms. The highest BCUT2D eigenvalue weighted by Crippen LogP contribution is 2.67. The van der Waals surface area contributed by atoms with Crippen LogP contribution < -0.4 is 9.47 Å². The number of ether oxygens (including phenoxy) is 2. The van der Waals surface area contributed by atoms with Crippen molar-refractivity contribution < 1.29 is 27.9 Å². The fourth-order valence-electron chi connectivity index (χ4n) is 10.1. The zero-order valence-corrected chi connectivity index (χ0v) is 20.3. The second-order valence-corrected chi connectivity index (χ2v) is 13.0. The van der Waals surface area contributed by atoms with Crippen LogP contribution in [0.1, 0.15) is 84.5 Å². The monoisotopic (exact) mass is 472 g/mol. The Morgan fingerprint density at radius 1 is 0.971 bits per heavy atom. The van der Waals surface area contributed by atoms with Gasteiger partial charge >= 0.3 is 11.9 Å². The highest BCUT2D eigenvalue weighted by Gasteiger charge is 2.66. The highest BCUT2D eigenvalue weighted by molar-refractivity contribution is 6.11. The van der Waals surface area contributed by atoms with Gasteiger partial charge in [0.05, 0.1) is 0 Å². The van der Waals surface area contributed by atoms with E-state index < -0.39 is 5.41 Å². The van der Waals surface area contributed by atoms with Crippen molar-refractivity contribution in [3.05, 3.63) is 33.8 Å². The average molecular weight is 473 g/mol. The number of furan rings is 3. The van der Waals surface area contributed by atoms with Crippen LogP contribution in [0, 0.1) is 41.9 Å². The van der Waals surface area contributed by atoms with E-state index in [2.05, 4.69) is 13.8 Å². The second kappa shape index (κ2) is 5.63. The molecule has 6 heteroatoms. The smallest absolute Gasteiger partial charge is 0.348 e. The number of aryl methyl sites for hydroxylation is 1. The van der Waals surface area contributed by atoms with E-state index in [9.17, 15) is 9.59 Å². The summed E-state index contributed by atoms with van der Waals surface area (Å²) in [6.45, 7) is 6.70. The molecule has 4 atom stereocenters. The third kappa shape index (κ3) is 2.01. The van der Waals surface area contributed by atoms with Gasteiger partial charge in [-0.25, -0.2) is 4.79 Å². The molecule has 35 heavy (non-hydrogen) atoms. The molecule has 7 aliphatic rings. The van der Waals surface area contributed by atoms with Gasteiger partial charge in [0.1, 0.15) is 22.3 Å². The standard InChI is InChI=1S/C29H28O6/c1-11-21-17(20-24(33-21)22(11)34-26(20)30)6-16-18-10-29(25(32-18)23(16)35-27(29)31)12(2)19-14-4-13-5-15(19)9-28(3,7-13)8-14/h12-15,19H,4-10H2,1-3H3/t12-,13?,14?,15?,19?,28?,29+/m1/s1. The molecule has 3 aromatic heterocycles. The third-order valence-corrected chi connectivity index (χ3v) is 11.1. The van der Waals surface area contributed by atoms with Crippen molar-refractivity contribution in [3.8, 4) is 11.5 Å². The number of hydrogen-bond donors (Lipinski definition) is 0. The van der Waals surface area contributed by atoms with E-state index in [0.717, 1.165) is 34.1 Å². The summed E-state index contributed by atoms with van der Waals surface area (Å²) in [5.74, 6) is 5.32. The molecule has 0 saturated heterocycles. The van der Waals surface area contributed by atoms with Crippen molar-refractivity contribution in [1.82, 2.24) is 0 Å². The Bertz CT molecular complexity index is 1490. The molecule has 0 amide bonds. The molecule has 3 aliphatic heterocycles. The Morgan fingerprint density at radius 3 is 2.49 bits per heavy atom. The zero-order chi connectivity index (χ0) is 23.6. The fourth-order valence-corrected chi connectivity index (χ4v) is 10.1. The van der Waals surface area contributed by atoms with Crippen LogP contribution in [-0.2, 0) is 23.1 Å². The van der Waals surface area contributed by atoms with Gasteiger partial charge in [-0.15, -0.1) is 0 Å². The molecule has 0 aromatic carbocycles. The van der Waals surface area contributed by atoms with Crippen molar-refractivity contribution in [2.24, 2.45) is 35.0 Å². The van der Waals surface area contributed by atoms with E-state index in [1.54, 1.807) is 0 Å². The Balaban J connectivity index is 1.10. The molecule has 8 bridgehead atoms. The van der Waals surface area contributed by atoms with Gasteiger partial charge in [0, 0.05) is 29.5 Å². The predicted molar refractivity (Wildman–Crippen MR) is 124 cm³/mol. The maximum Gasteiger partial charge on any atom is 0.348 e. The van der Waals surface area contributed by atoms with Gasteiger partial charge in [-0.2, -0.15) is 0 Å². The van der Waals surface area contributed by atoms with Gasteiger partial charge in [0.25, 0.3) is 0 Å². The first-order valence-electron chi connectivity index (χ1n) is 13.2. The molecule has 180 valence electrons. The first-order valence-corrected chi connectivity index (χ1v) is 13.2.